The SMILES string of the molecule is Cc1ccc(CSCCNC(=O)CCCc2nc(C(C)C)no2)cc1. The van der Waals surface area contributed by atoms with Crippen LogP contribution in [0.3, 0.4) is 0 Å². The smallest absolute Gasteiger partial charge is 0.226 e. The van der Waals surface area contributed by atoms with E-state index in [-0.39, 0.29) is 11.8 Å². The lowest BCUT2D eigenvalue weighted by Crippen LogP contribution is -2.25. The van der Waals surface area contributed by atoms with E-state index in [1.54, 1.807) is 0 Å². The van der Waals surface area contributed by atoms with Gasteiger partial charge in [-0.25, -0.2) is 0 Å². The third-order valence-corrected chi connectivity index (χ3v) is 4.78. The molecule has 1 heterocycles. The summed E-state index contributed by atoms with van der Waals surface area (Å²) in [7, 11) is 0. The van der Waals surface area contributed by atoms with Crippen LogP contribution < -0.4 is 5.32 Å². The third-order valence-electron chi connectivity index (χ3n) is 3.75. The van der Waals surface area contributed by atoms with Gasteiger partial charge in [0.2, 0.25) is 11.8 Å². The van der Waals surface area contributed by atoms with Gasteiger partial charge in [-0.05, 0) is 18.9 Å². The minimum Gasteiger partial charge on any atom is -0.355 e. The van der Waals surface area contributed by atoms with Crippen molar-refractivity contribution in [2.45, 2.75) is 51.7 Å². The number of nitrogens with zero attached hydrogens (tertiary/aromatic N) is 2. The highest BCUT2D eigenvalue weighted by atomic mass is 32.2. The highest BCUT2D eigenvalue weighted by Gasteiger charge is 2.10. The van der Waals surface area contributed by atoms with Crippen molar-refractivity contribution in [1.82, 2.24) is 15.5 Å². The Morgan fingerprint density at radius 3 is 2.72 bits per heavy atom. The number of rotatable bonds is 10. The van der Waals surface area contributed by atoms with Gasteiger partial charge in [-0.1, -0.05) is 48.8 Å². The summed E-state index contributed by atoms with van der Waals surface area (Å²) in [5.74, 6) is 3.58. The second-order valence-corrected chi connectivity index (χ2v) is 7.55. The Morgan fingerprint density at radius 1 is 1.28 bits per heavy atom. The van der Waals surface area contributed by atoms with Crippen LogP contribution in [-0.4, -0.2) is 28.3 Å². The summed E-state index contributed by atoms with van der Waals surface area (Å²) in [6, 6.07) is 8.57. The van der Waals surface area contributed by atoms with E-state index in [1.165, 1.54) is 11.1 Å². The highest BCUT2D eigenvalue weighted by Crippen LogP contribution is 2.13. The Balaban J connectivity index is 1.52. The van der Waals surface area contributed by atoms with Gasteiger partial charge in [-0.3, -0.25) is 4.79 Å². The summed E-state index contributed by atoms with van der Waals surface area (Å²) >= 11 is 1.83. The molecule has 0 bridgehead atoms. The Kier molecular flexibility index (Phi) is 7.98. The van der Waals surface area contributed by atoms with Gasteiger partial charge in [-0.15, -0.1) is 0 Å². The number of aromatic nitrogens is 2. The molecule has 0 saturated carbocycles. The molecule has 5 nitrogen and oxygen atoms in total. The largest absolute Gasteiger partial charge is 0.355 e. The fourth-order valence-corrected chi connectivity index (χ4v) is 3.05. The van der Waals surface area contributed by atoms with Gasteiger partial charge in [0.1, 0.15) is 0 Å². The highest BCUT2D eigenvalue weighted by molar-refractivity contribution is 7.98. The maximum absolute atomic E-state index is 11.8. The summed E-state index contributed by atoms with van der Waals surface area (Å²) < 4.78 is 5.17. The number of carbonyl (C=O) groups is 1. The molecule has 2 rings (SSSR count). The van der Waals surface area contributed by atoms with Crippen LogP contribution in [0.1, 0.15) is 55.4 Å². The summed E-state index contributed by atoms with van der Waals surface area (Å²) in [5, 5.41) is 6.89. The van der Waals surface area contributed by atoms with E-state index < -0.39 is 0 Å². The summed E-state index contributed by atoms with van der Waals surface area (Å²) in [6.45, 7) is 6.85. The van der Waals surface area contributed by atoms with Crippen LogP contribution in [0.15, 0.2) is 28.8 Å². The van der Waals surface area contributed by atoms with E-state index in [4.69, 9.17) is 4.52 Å². The number of aryl methyl sites for hydroxylation is 2. The lowest BCUT2D eigenvalue weighted by molar-refractivity contribution is -0.121. The molecule has 0 aliphatic carbocycles. The van der Waals surface area contributed by atoms with Crippen molar-refractivity contribution in [3.8, 4) is 0 Å². The standard InChI is InChI=1S/C19H27N3O2S/c1-14(2)19-21-18(24-22-19)6-4-5-17(23)20-11-12-25-13-16-9-7-15(3)8-10-16/h7-10,14H,4-6,11-13H2,1-3H3,(H,20,23). The molecule has 25 heavy (non-hydrogen) atoms. The van der Waals surface area contributed by atoms with Crippen LogP contribution >= 0.6 is 11.8 Å². The maximum Gasteiger partial charge on any atom is 0.226 e. The average molecular weight is 362 g/mol. The van der Waals surface area contributed by atoms with Crippen LogP contribution in [0, 0.1) is 6.92 Å². The first kappa shape index (κ1) is 19.5. The molecule has 1 aromatic carbocycles. The number of amides is 1. The molecule has 1 amide bonds. The number of benzene rings is 1. The monoisotopic (exact) mass is 361 g/mol. The molecule has 0 spiro atoms. The zero-order valence-corrected chi connectivity index (χ0v) is 16.1. The van der Waals surface area contributed by atoms with Gasteiger partial charge in [0.05, 0.1) is 0 Å². The minimum atomic E-state index is 0.0829. The molecule has 0 aliphatic heterocycles. The zero-order valence-electron chi connectivity index (χ0n) is 15.2. The molecule has 1 aromatic heterocycles. The molecule has 0 aliphatic rings. The van der Waals surface area contributed by atoms with Gasteiger partial charge < -0.3 is 9.84 Å². The molecule has 2 aromatic rings. The second-order valence-electron chi connectivity index (χ2n) is 6.44. The molecule has 0 radical (unpaired) electrons. The van der Waals surface area contributed by atoms with E-state index in [0.29, 0.717) is 25.3 Å². The fourth-order valence-electron chi connectivity index (χ4n) is 2.23. The van der Waals surface area contributed by atoms with Gasteiger partial charge >= 0.3 is 0 Å². The van der Waals surface area contributed by atoms with Gasteiger partial charge in [0, 0.05) is 36.8 Å². The number of thioether (sulfide) groups is 1. The molecular formula is C19H27N3O2S. The summed E-state index contributed by atoms with van der Waals surface area (Å²) in [4.78, 5) is 16.1. The van der Waals surface area contributed by atoms with E-state index in [2.05, 4.69) is 46.6 Å². The average Bonchev–Trinajstić information content (AvgIpc) is 3.05. The lowest BCUT2D eigenvalue weighted by atomic mass is 10.2. The van der Waals surface area contributed by atoms with E-state index >= 15 is 0 Å². The third kappa shape index (κ3) is 7.30. The zero-order chi connectivity index (χ0) is 18.1. The van der Waals surface area contributed by atoms with Crippen molar-refractivity contribution in [3.05, 3.63) is 47.1 Å². The topological polar surface area (TPSA) is 68.0 Å². The Hall–Kier alpha value is -1.82. The van der Waals surface area contributed by atoms with E-state index in [9.17, 15) is 4.79 Å². The lowest BCUT2D eigenvalue weighted by Gasteiger charge is -2.05. The maximum atomic E-state index is 11.8. The Labute approximate surface area is 154 Å². The molecule has 0 unspecified atom stereocenters. The second kappa shape index (κ2) is 10.2. The van der Waals surface area contributed by atoms with Crippen LogP contribution in [0.2, 0.25) is 0 Å². The van der Waals surface area contributed by atoms with Crippen molar-refractivity contribution >= 4 is 17.7 Å². The van der Waals surface area contributed by atoms with Crippen LogP contribution in [0.5, 0.6) is 0 Å². The van der Waals surface area contributed by atoms with Gasteiger partial charge in [0.25, 0.3) is 0 Å². The fraction of sp³-hybridized carbons (Fsp3) is 0.526. The first-order valence-electron chi connectivity index (χ1n) is 8.77. The molecule has 6 heteroatoms. The van der Waals surface area contributed by atoms with Crippen LogP contribution in [0.25, 0.3) is 0 Å². The van der Waals surface area contributed by atoms with Crippen molar-refractivity contribution < 1.29 is 9.32 Å². The number of hydrogen-bond acceptors (Lipinski definition) is 5. The predicted molar refractivity (Wildman–Crippen MR) is 102 cm³/mol. The number of hydrogen-bond donors (Lipinski definition) is 1. The number of nitrogens with one attached hydrogen (secondary N) is 1. The molecule has 0 saturated heterocycles. The molecule has 136 valence electrons. The van der Waals surface area contributed by atoms with Gasteiger partial charge in [0.15, 0.2) is 5.82 Å². The van der Waals surface area contributed by atoms with E-state index in [1.807, 2.05) is 25.6 Å². The van der Waals surface area contributed by atoms with Crippen molar-refractivity contribution in [2.75, 3.05) is 12.3 Å². The van der Waals surface area contributed by atoms with Crippen LogP contribution in [0.4, 0.5) is 0 Å². The minimum absolute atomic E-state index is 0.0829. The number of carbonyl (C=O) groups excluding carboxylic acids is 1. The predicted octanol–water partition coefficient (Wildman–Crippen LogP) is 3.87. The Morgan fingerprint density at radius 2 is 2.04 bits per heavy atom. The summed E-state index contributed by atoms with van der Waals surface area (Å²) in [6.07, 6.45) is 1.86. The van der Waals surface area contributed by atoms with Crippen molar-refractivity contribution in [1.29, 1.82) is 0 Å². The first-order valence-corrected chi connectivity index (χ1v) is 9.92. The van der Waals surface area contributed by atoms with Crippen molar-refractivity contribution in [3.63, 3.8) is 0 Å². The van der Waals surface area contributed by atoms with Crippen molar-refractivity contribution in [2.24, 2.45) is 0 Å². The van der Waals surface area contributed by atoms with Crippen LogP contribution in [-0.2, 0) is 17.0 Å². The van der Waals surface area contributed by atoms with E-state index in [0.717, 1.165) is 23.8 Å². The summed E-state index contributed by atoms with van der Waals surface area (Å²) in [5.41, 5.74) is 2.60. The quantitative estimate of drug-likeness (QED) is 0.651. The molecule has 0 fully saturated rings. The Bertz CT molecular complexity index is 653. The first-order chi connectivity index (χ1) is 12.0. The van der Waals surface area contributed by atoms with Gasteiger partial charge in [-0.2, -0.15) is 16.7 Å². The molecule has 0 atom stereocenters. The molecular weight excluding hydrogens is 334 g/mol. The molecule has 1 N–H and O–H groups in total. The normalized spacial score (nSPS) is 11.0.